The summed E-state index contributed by atoms with van der Waals surface area (Å²) in [6.45, 7) is 0. The maximum absolute atomic E-state index is 11.8. The van der Waals surface area contributed by atoms with Gasteiger partial charge in [0.05, 0.1) is 9.79 Å². The van der Waals surface area contributed by atoms with Crippen molar-refractivity contribution in [3.63, 3.8) is 0 Å². The summed E-state index contributed by atoms with van der Waals surface area (Å²) < 4.78 is 51.5. The summed E-state index contributed by atoms with van der Waals surface area (Å²) >= 11 is 0. The van der Waals surface area contributed by atoms with Gasteiger partial charge in [0, 0.05) is 24.1 Å². The summed E-state index contributed by atoms with van der Waals surface area (Å²) in [4.78, 5) is 10.0. The van der Waals surface area contributed by atoms with Gasteiger partial charge in [-0.2, -0.15) is 0 Å². The van der Waals surface area contributed by atoms with Crippen molar-refractivity contribution in [3.05, 3.63) is 30.0 Å². The van der Waals surface area contributed by atoms with E-state index in [0.717, 1.165) is 30.7 Å². The molecule has 0 amide bonds. The summed E-state index contributed by atoms with van der Waals surface area (Å²) in [5, 5.41) is 12.3. The largest absolute Gasteiger partial charge is 0.475 e. The van der Waals surface area contributed by atoms with Crippen LogP contribution in [0, 0.1) is 0 Å². The molecule has 0 aliphatic rings. The highest BCUT2D eigenvalue weighted by Gasteiger charge is 2.22. The Hall–Kier alpha value is -2.20. The van der Waals surface area contributed by atoms with E-state index in [1.54, 1.807) is 0 Å². The zero-order valence-corrected chi connectivity index (χ0v) is 13.1. The summed E-state index contributed by atoms with van der Waals surface area (Å²) in [7, 11) is -7.55. The first-order valence-corrected chi connectivity index (χ1v) is 9.53. The number of aromatic carboxylic acids is 1. The van der Waals surface area contributed by atoms with Gasteiger partial charge in [-0.15, -0.1) is 0 Å². The van der Waals surface area contributed by atoms with Gasteiger partial charge in [0.1, 0.15) is 5.69 Å². The highest BCUT2D eigenvalue weighted by Crippen LogP contribution is 2.28. The van der Waals surface area contributed by atoms with Crippen molar-refractivity contribution in [2.24, 2.45) is 0 Å². The molecule has 22 heavy (non-hydrogen) atoms. The van der Waals surface area contributed by atoms with Crippen LogP contribution in [0.25, 0.3) is 11.3 Å². The van der Waals surface area contributed by atoms with E-state index in [0.29, 0.717) is 0 Å². The lowest BCUT2D eigenvalue weighted by Crippen LogP contribution is -2.07. The molecule has 2 aromatic rings. The predicted molar refractivity (Wildman–Crippen MR) is 75.1 cm³/mol. The lowest BCUT2D eigenvalue weighted by atomic mass is 10.1. The van der Waals surface area contributed by atoms with Crippen molar-refractivity contribution in [2.75, 3.05) is 12.5 Å². The van der Waals surface area contributed by atoms with E-state index in [4.69, 9.17) is 5.11 Å². The molecule has 2 rings (SSSR count). The van der Waals surface area contributed by atoms with Crippen molar-refractivity contribution < 1.29 is 31.3 Å². The van der Waals surface area contributed by atoms with E-state index in [1.165, 1.54) is 6.07 Å². The Kier molecular flexibility index (Phi) is 3.83. The van der Waals surface area contributed by atoms with Crippen LogP contribution in [0.15, 0.2) is 38.6 Å². The molecular weight excluding hydrogens is 334 g/mol. The molecule has 0 aliphatic heterocycles. The van der Waals surface area contributed by atoms with Crippen LogP contribution >= 0.6 is 0 Å². The van der Waals surface area contributed by atoms with Gasteiger partial charge in [-0.05, 0) is 12.1 Å². The zero-order chi connectivity index (χ0) is 16.7. The number of rotatable bonds is 4. The first-order valence-electron chi connectivity index (χ1n) is 5.74. The molecule has 0 atom stereocenters. The van der Waals surface area contributed by atoms with Crippen LogP contribution in [0.1, 0.15) is 10.6 Å². The molecule has 0 saturated heterocycles. The fourth-order valence-corrected chi connectivity index (χ4v) is 4.20. The molecule has 118 valence electrons. The van der Waals surface area contributed by atoms with Crippen molar-refractivity contribution >= 4 is 25.6 Å². The first kappa shape index (κ1) is 16.2. The Labute approximate surface area is 126 Å². The zero-order valence-electron chi connectivity index (χ0n) is 11.5. The van der Waals surface area contributed by atoms with E-state index in [1.807, 2.05) is 0 Å². The third-order valence-electron chi connectivity index (χ3n) is 2.76. The number of carbonyl (C=O) groups is 1. The Bertz CT molecular complexity index is 955. The van der Waals surface area contributed by atoms with Crippen LogP contribution in [0.5, 0.6) is 0 Å². The second-order valence-electron chi connectivity index (χ2n) is 4.59. The SMILES string of the molecule is CS(=O)(=O)c1ccc(-c2cc(C(=O)O)on2)cc1S(C)(=O)=O. The minimum atomic E-state index is -3.81. The monoisotopic (exact) mass is 345 g/mol. The van der Waals surface area contributed by atoms with Crippen LogP contribution in [0.3, 0.4) is 0 Å². The topological polar surface area (TPSA) is 132 Å². The quantitative estimate of drug-likeness (QED) is 0.862. The molecule has 1 N–H and O–H groups in total. The fraction of sp³-hybridized carbons (Fsp3) is 0.167. The fourth-order valence-electron chi connectivity index (χ4n) is 1.78. The van der Waals surface area contributed by atoms with Gasteiger partial charge in [0.25, 0.3) is 0 Å². The van der Waals surface area contributed by atoms with Gasteiger partial charge in [-0.3, -0.25) is 0 Å². The number of sulfone groups is 2. The van der Waals surface area contributed by atoms with Gasteiger partial charge in [0.15, 0.2) is 19.7 Å². The average molecular weight is 345 g/mol. The van der Waals surface area contributed by atoms with Crippen molar-refractivity contribution in [3.8, 4) is 11.3 Å². The molecule has 8 nitrogen and oxygen atoms in total. The van der Waals surface area contributed by atoms with Gasteiger partial charge < -0.3 is 9.63 Å². The molecule has 1 aromatic carbocycles. The standard InChI is InChI=1S/C12H11NO7S2/c1-21(16,17)10-4-3-7(5-11(10)22(2,18)19)8-6-9(12(14)15)20-13-8/h3-6H,1-2H3,(H,14,15). The van der Waals surface area contributed by atoms with E-state index < -0.39 is 31.4 Å². The molecule has 0 bridgehead atoms. The predicted octanol–water partition coefficient (Wildman–Crippen LogP) is 0.847. The number of benzene rings is 1. The molecule has 0 radical (unpaired) electrons. The number of carboxylic acid groups (broad SMARTS) is 1. The highest BCUT2D eigenvalue weighted by molar-refractivity contribution is 7.93. The van der Waals surface area contributed by atoms with Gasteiger partial charge in [-0.1, -0.05) is 11.2 Å². The van der Waals surface area contributed by atoms with Crippen molar-refractivity contribution in [1.29, 1.82) is 0 Å². The molecule has 1 heterocycles. The number of carboxylic acids is 1. The molecule has 0 aliphatic carbocycles. The second-order valence-corrected chi connectivity index (χ2v) is 8.56. The Morgan fingerprint density at radius 2 is 1.64 bits per heavy atom. The molecule has 0 spiro atoms. The molecular formula is C12H11NO7S2. The summed E-state index contributed by atoms with van der Waals surface area (Å²) in [6, 6.07) is 4.70. The van der Waals surface area contributed by atoms with Gasteiger partial charge in [0.2, 0.25) is 5.76 Å². The van der Waals surface area contributed by atoms with Crippen LogP contribution in [-0.2, 0) is 19.7 Å². The molecule has 0 saturated carbocycles. The summed E-state index contributed by atoms with van der Waals surface area (Å²) in [5.41, 5.74) is 0.312. The van der Waals surface area contributed by atoms with Crippen LogP contribution < -0.4 is 0 Å². The van der Waals surface area contributed by atoms with E-state index in [9.17, 15) is 21.6 Å². The van der Waals surface area contributed by atoms with E-state index >= 15 is 0 Å². The van der Waals surface area contributed by atoms with E-state index in [2.05, 4.69) is 9.68 Å². The van der Waals surface area contributed by atoms with Gasteiger partial charge in [-0.25, -0.2) is 21.6 Å². The number of nitrogens with zero attached hydrogens (tertiary/aromatic N) is 1. The highest BCUT2D eigenvalue weighted by atomic mass is 32.2. The second kappa shape index (κ2) is 5.21. The maximum Gasteiger partial charge on any atom is 0.374 e. The number of hydrogen-bond donors (Lipinski definition) is 1. The first-order chi connectivity index (χ1) is 10.00. The number of hydrogen-bond acceptors (Lipinski definition) is 7. The number of aromatic nitrogens is 1. The molecule has 1 aromatic heterocycles. The third kappa shape index (κ3) is 3.17. The third-order valence-corrected chi connectivity index (χ3v) is 5.18. The smallest absolute Gasteiger partial charge is 0.374 e. The Morgan fingerprint density at radius 1 is 1.05 bits per heavy atom. The van der Waals surface area contributed by atoms with Crippen molar-refractivity contribution in [2.45, 2.75) is 9.79 Å². The Balaban J connectivity index is 2.68. The molecule has 10 heteroatoms. The van der Waals surface area contributed by atoms with E-state index in [-0.39, 0.29) is 21.0 Å². The van der Waals surface area contributed by atoms with Crippen LogP contribution in [-0.4, -0.2) is 45.6 Å². The normalized spacial score (nSPS) is 12.3. The minimum absolute atomic E-state index is 0.0855. The van der Waals surface area contributed by atoms with Gasteiger partial charge >= 0.3 is 5.97 Å². The summed E-state index contributed by atoms with van der Waals surface area (Å²) in [6.07, 6.45) is 1.78. The lowest BCUT2D eigenvalue weighted by Gasteiger charge is -2.07. The summed E-state index contributed by atoms with van der Waals surface area (Å²) in [5.74, 6) is -1.74. The Morgan fingerprint density at radius 3 is 2.09 bits per heavy atom. The molecule has 0 unspecified atom stereocenters. The molecule has 0 fully saturated rings. The minimum Gasteiger partial charge on any atom is -0.475 e. The lowest BCUT2D eigenvalue weighted by molar-refractivity contribution is 0.0652. The van der Waals surface area contributed by atoms with Crippen LogP contribution in [0.2, 0.25) is 0 Å². The average Bonchev–Trinajstić information content (AvgIpc) is 2.85. The van der Waals surface area contributed by atoms with Crippen LogP contribution in [0.4, 0.5) is 0 Å². The van der Waals surface area contributed by atoms with Crippen molar-refractivity contribution in [1.82, 2.24) is 5.16 Å². The maximum atomic E-state index is 11.8.